The molecule has 6 nitrogen and oxygen atoms in total. The van der Waals surface area contributed by atoms with Gasteiger partial charge >= 0.3 is 0 Å². The number of carbonyl (C=O) groups excluding carboxylic acids is 1. The highest BCUT2D eigenvalue weighted by atomic mass is 32.2. The summed E-state index contributed by atoms with van der Waals surface area (Å²) in [5.41, 5.74) is 0.853. The summed E-state index contributed by atoms with van der Waals surface area (Å²) < 4.78 is 43.4. The van der Waals surface area contributed by atoms with Crippen LogP contribution < -0.4 is 0 Å². The second-order valence-electron chi connectivity index (χ2n) is 6.63. The summed E-state index contributed by atoms with van der Waals surface area (Å²) >= 11 is 0. The van der Waals surface area contributed by atoms with Crippen molar-refractivity contribution in [2.75, 3.05) is 39.0 Å². The number of morpholine rings is 1. The molecule has 2 saturated heterocycles. The van der Waals surface area contributed by atoms with Crippen LogP contribution in [-0.4, -0.2) is 62.6 Å². The largest absolute Gasteiger partial charge is 0.370 e. The van der Waals surface area contributed by atoms with Gasteiger partial charge in [-0.2, -0.15) is 0 Å². The Hall–Kier alpha value is -1.51. The monoisotopic (exact) mass is 370 g/mol. The number of halogens is 1. The van der Waals surface area contributed by atoms with Crippen LogP contribution in [0.15, 0.2) is 24.3 Å². The van der Waals surface area contributed by atoms with E-state index in [-0.39, 0.29) is 23.7 Å². The zero-order valence-electron chi connectivity index (χ0n) is 14.2. The molecule has 1 aromatic carbocycles. The number of ether oxygens (including phenoxy) is 1. The third-order valence-electron chi connectivity index (χ3n) is 4.89. The average molecular weight is 370 g/mol. The van der Waals surface area contributed by atoms with Crippen molar-refractivity contribution in [1.82, 2.24) is 9.21 Å². The normalized spacial score (nSPS) is 23.6. The van der Waals surface area contributed by atoms with Crippen LogP contribution in [0.1, 0.15) is 24.5 Å². The van der Waals surface area contributed by atoms with Crippen molar-refractivity contribution in [3.8, 4) is 0 Å². The van der Waals surface area contributed by atoms with E-state index in [0.29, 0.717) is 45.6 Å². The molecule has 2 aliphatic rings. The summed E-state index contributed by atoms with van der Waals surface area (Å²) in [4.78, 5) is 14.6. The maximum absolute atomic E-state index is 13.1. The molecule has 25 heavy (non-hydrogen) atoms. The molecule has 1 atom stereocenters. The topological polar surface area (TPSA) is 66.9 Å². The molecule has 138 valence electrons. The van der Waals surface area contributed by atoms with Gasteiger partial charge in [0.25, 0.3) is 0 Å². The van der Waals surface area contributed by atoms with E-state index in [1.165, 1.54) is 22.7 Å². The number of sulfonamides is 1. The summed E-state index contributed by atoms with van der Waals surface area (Å²) in [6.45, 7) is 2.19. The van der Waals surface area contributed by atoms with Gasteiger partial charge in [0.2, 0.25) is 15.9 Å². The van der Waals surface area contributed by atoms with Gasteiger partial charge in [-0.15, -0.1) is 0 Å². The Morgan fingerprint density at radius 1 is 1.16 bits per heavy atom. The zero-order chi connectivity index (χ0) is 18.0. The molecule has 0 saturated carbocycles. The molecule has 2 aliphatic heterocycles. The summed E-state index contributed by atoms with van der Waals surface area (Å²) in [5, 5.41) is 0. The van der Waals surface area contributed by atoms with E-state index in [9.17, 15) is 17.6 Å². The first-order chi connectivity index (χ1) is 11.8. The van der Waals surface area contributed by atoms with Crippen molar-refractivity contribution in [1.29, 1.82) is 0 Å². The van der Waals surface area contributed by atoms with Crippen LogP contribution in [0.4, 0.5) is 4.39 Å². The number of benzene rings is 1. The van der Waals surface area contributed by atoms with Crippen molar-refractivity contribution in [3.05, 3.63) is 35.6 Å². The maximum Gasteiger partial charge on any atom is 0.225 e. The van der Waals surface area contributed by atoms with Crippen molar-refractivity contribution in [2.24, 2.45) is 5.92 Å². The second-order valence-corrected chi connectivity index (χ2v) is 8.61. The van der Waals surface area contributed by atoms with Crippen molar-refractivity contribution in [2.45, 2.75) is 18.9 Å². The number of piperidine rings is 1. The first-order valence-corrected chi connectivity index (χ1v) is 10.3. The third kappa shape index (κ3) is 4.37. The Balaban J connectivity index is 1.60. The van der Waals surface area contributed by atoms with E-state index in [0.717, 1.165) is 5.56 Å². The van der Waals surface area contributed by atoms with Gasteiger partial charge in [-0.1, -0.05) is 12.1 Å². The van der Waals surface area contributed by atoms with Crippen LogP contribution in [0, 0.1) is 11.7 Å². The van der Waals surface area contributed by atoms with E-state index in [1.54, 1.807) is 17.0 Å². The Labute approximate surface area is 147 Å². The number of amides is 1. The smallest absolute Gasteiger partial charge is 0.225 e. The molecule has 0 spiro atoms. The molecule has 0 aliphatic carbocycles. The number of carbonyl (C=O) groups is 1. The summed E-state index contributed by atoms with van der Waals surface area (Å²) in [6.07, 6.45) is 2.04. The lowest BCUT2D eigenvalue weighted by Crippen LogP contribution is -2.48. The average Bonchev–Trinajstić information content (AvgIpc) is 2.61. The minimum atomic E-state index is -3.19. The Kier molecular flexibility index (Phi) is 5.41. The Morgan fingerprint density at radius 2 is 1.80 bits per heavy atom. The second kappa shape index (κ2) is 7.39. The van der Waals surface area contributed by atoms with Crippen LogP contribution in [0.5, 0.6) is 0 Å². The molecule has 3 rings (SSSR count). The van der Waals surface area contributed by atoms with Crippen molar-refractivity contribution < 1.29 is 22.3 Å². The third-order valence-corrected chi connectivity index (χ3v) is 6.20. The van der Waals surface area contributed by atoms with Crippen LogP contribution in [-0.2, 0) is 19.6 Å². The van der Waals surface area contributed by atoms with Gasteiger partial charge < -0.3 is 9.64 Å². The number of rotatable bonds is 3. The zero-order valence-corrected chi connectivity index (χ0v) is 15.0. The predicted molar refractivity (Wildman–Crippen MR) is 90.8 cm³/mol. The molecule has 1 unspecified atom stereocenters. The first kappa shape index (κ1) is 18.3. The van der Waals surface area contributed by atoms with Crippen LogP contribution in [0.25, 0.3) is 0 Å². The molecule has 0 radical (unpaired) electrons. The highest BCUT2D eigenvalue weighted by Crippen LogP contribution is 2.26. The fourth-order valence-electron chi connectivity index (χ4n) is 3.42. The lowest BCUT2D eigenvalue weighted by Gasteiger charge is -2.37. The molecule has 2 fully saturated rings. The lowest BCUT2D eigenvalue weighted by molar-refractivity contribution is -0.144. The molecule has 0 N–H and O–H groups in total. The minimum absolute atomic E-state index is 0.0589. The fourth-order valence-corrected chi connectivity index (χ4v) is 4.30. The summed E-state index contributed by atoms with van der Waals surface area (Å²) in [7, 11) is -3.19. The quantitative estimate of drug-likeness (QED) is 0.807. The van der Waals surface area contributed by atoms with Crippen LogP contribution in [0.3, 0.4) is 0 Å². The fraction of sp³-hybridized carbons (Fsp3) is 0.588. The first-order valence-electron chi connectivity index (χ1n) is 8.45. The van der Waals surface area contributed by atoms with E-state index in [2.05, 4.69) is 0 Å². The molecule has 1 aromatic rings. The summed E-state index contributed by atoms with van der Waals surface area (Å²) in [5.74, 6) is -0.390. The molecule has 0 bridgehead atoms. The summed E-state index contributed by atoms with van der Waals surface area (Å²) in [6, 6.07) is 6.14. The molecule has 0 aromatic heterocycles. The predicted octanol–water partition coefficient (Wildman–Crippen LogP) is 1.40. The van der Waals surface area contributed by atoms with E-state index < -0.39 is 10.0 Å². The van der Waals surface area contributed by atoms with Gasteiger partial charge in [-0.3, -0.25) is 4.79 Å². The van der Waals surface area contributed by atoms with Gasteiger partial charge in [0.15, 0.2) is 0 Å². The van der Waals surface area contributed by atoms with Crippen LogP contribution in [0.2, 0.25) is 0 Å². The number of hydrogen-bond acceptors (Lipinski definition) is 4. The van der Waals surface area contributed by atoms with Crippen molar-refractivity contribution in [3.63, 3.8) is 0 Å². The SMILES string of the molecule is CS(=O)(=O)N1CCC(C(=O)N2CCOC(c3ccc(F)cc3)C2)CC1. The van der Waals surface area contributed by atoms with E-state index >= 15 is 0 Å². The maximum atomic E-state index is 13.1. The Morgan fingerprint density at radius 3 is 2.40 bits per heavy atom. The number of nitrogens with zero attached hydrogens (tertiary/aromatic N) is 2. The van der Waals surface area contributed by atoms with Gasteiger partial charge in [0, 0.05) is 25.6 Å². The van der Waals surface area contributed by atoms with Crippen LogP contribution >= 0.6 is 0 Å². The highest BCUT2D eigenvalue weighted by Gasteiger charge is 2.33. The van der Waals surface area contributed by atoms with Gasteiger partial charge in [0.1, 0.15) is 11.9 Å². The van der Waals surface area contributed by atoms with E-state index in [1.807, 2.05) is 0 Å². The molecular weight excluding hydrogens is 347 g/mol. The Bertz CT molecular complexity index is 715. The number of hydrogen-bond donors (Lipinski definition) is 0. The standard InChI is InChI=1S/C17H23FN2O4S/c1-25(22,23)20-8-6-14(7-9-20)17(21)19-10-11-24-16(12-19)13-2-4-15(18)5-3-13/h2-5,14,16H,6-12H2,1H3. The minimum Gasteiger partial charge on any atom is -0.370 e. The van der Waals surface area contributed by atoms with E-state index in [4.69, 9.17) is 4.74 Å². The molecule has 1 amide bonds. The van der Waals surface area contributed by atoms with Gasteiger partial charge in [0.05, 0.1) is 19.4 Å². The molecular formula is C17H23FN2O4S. The molecule has 2 heterocycles. The van der Waals surface area contributed by atoms with Gasteiger partial charge in [-0.25, -0.2) is 17.1 Å². The molecule has 8 heteroatoms. The highest BCUT2D eigenvalue weighted by molar-refractivity contribution is 7.88. The lowest BCUT2D eigenvalue weighted by atomic mass is 9.96. The van der Waals surface area contributed by atoms with Crippen molar-refractivity contribution >= 4 is 15.9 Å². The van der Waals surface area contributed by atoms with Gasteiger partial charge in [-0.05, 0) is 30.5 Å².